The lowest BCUT2D eigenvalue weighted by Crippen LogP contribution is -2.36. The van der Waals surface area contributed by atoms with E-state index in [-0.39, 0.29) is 12.6 Å². The monoisotopic (exact) mass is 265 g/mol. The van der Waals surface area contributed by atoms with Crippen molar-refractivity contribution in [3.63, 3.8) is 0 Å². The molecule has 1 aromatic carbocycles. The van der Waals surface area contributed by atoms with Crippen LogP contribution < -0.4 is 5.32 Å². The van der Waals surface area contributed by atoms with Crippen LogP contribution in [0.3, 0.4) is 0 Å². The third kappa shape index (κ3) is 4.60. The van der Waals surface area contributed by atoms with Gasteiger partial charge in [-0.25, -0.2) is 0 Å². The van der Waals surface area contributed by atoms with Crippen LogP contribution in [0, 0.1) is 0 Å². The first-order valence-corrected chi connectivity index (χ1v) is 7.26. The maximum Gasteiger partial charge on any atom is 0.0942 e. The first-order chi connectivity index (χ1) is 9.13. The minimum atomic E-state index is -0.525. The molecule has 0 spiro atoms. The second kappa shape index (κ2) is 8.31. The van der Waals surface area contributed by atoms with Gasteiger partial charge in [-0.1, -0.05) is 45.0 Å². The number of aliphatic hydroxyl groups excluding tert-OH is 2. The largest absolute Gasteiger partial charge is 0.395 e. The molecule has 0 saturated heterocycles. The summed E-state index contributed by atoms with van der Waals surface area (Å²) in [6, 6.07) is 8.21. The van der Waals surface area contributed by atoms with Gasteiger partial charge < -0.3 is 15.5 Å². The van der Waals surface area contributed by atoms with E-state index in [0.29, 0.717) is 12.5 Å². The van der Waals surface area contributed by atoms with E-state index < -0.39 is 6.10 Å². The van der Waals surface area contributed by atoms with Crippen LogP contribution >= 0.6 is 0 Å². The molecule has 0 fully saturated rings. The molecule has 0 saturated carbocycles. The fraction of sp³-hybridized carbons (Fsp3) is 0.625. The van der Waals surface area contributed by atoms with E-state index in [9.17, 15) is 5.11 Å². The number of hydrogen-bond donors (Lipinski definition) is 3. The molecule has 1 aromatic rings. The van der Waals surface area contributed by atoms with Crippen molar-refractivity contribution in [1.82, 2.24) is 5.32 Å². The Hall–Kier alpha value is -0.900. The molecule has 0 bridgehead atoms. The van der Waals surface area contributed by atoms with Crippen LogP contribution in [0.15, 0.2) is 24.3 Å². The Bertz CT molecular complexity index is 350. The Morgan fingerprint density at radius 1 is 1.05 bits per heavy atom. The fourth-order valence-electron chi connectivity index (χ4n) is 2.22. The van der Waals surface area contributed by atoms with Crippen LogP contribution in [0.4, 0.5) is 0 Å². The summed E-state index contributed by atoms with van der Waals surface area (Å²) < 4.78 is 0. The van der Waals surface area contributed by atoms with Crippen LogP contribution in [0.2, 0.25) is 0 Å². The van der Waals surface area contributed by atoms with Gasteiger partial charge in [0.15, 0.2) is 0 Å². The smallest absolute Gasteiger partial charge is 0.0942 e. The molecule has 19 heavy (non-hydrogen) atoms. The molecular weight excluding hydrogens is 238 g/mol. The third-order valence-electron chi connectivity index (χ3n) is 3.80. The van der Waals surface area contributed by atoms with E-state index in [0.717, 1.165) is 18.4 Å². The molecule has 0 radical (unpaired) electrons. The maximum absolute atomic E-state index is 10.3. The zero-order valence-electron chi connectivity index (χ0n) is 12.3. The highest BCUT2D eigenvalue weighted by Gasteiger charge is 2.18. The van der Waals surface area contributed by atoms with Gasteiger partial charge in [0.05, 0.1) is 12.7 Å². The minimum absolute atomic E-state index is 0.0124. The normalized spacial score (nSPS) is 16.1. The van der Waals surface area contributed by atoms with Gasteiger partial charge in [-0.05, 0) is 29.9 Å². The van der Waals surface area contributed by atoms with Crippen LogP contribution in [-0.4, -0.2) is 29.4 Å². The summed E-state index contributed by atoms with van der Waals surface area (Å²) in [6.45, 7) is 7.03. The summed E-state index contributed by atoms with van der Waals surface area (Å²) in [5.41, 5.74) is 2.25. The van der Waals surface area contributed by atoms with Crippen LogP contribution in [0.5, 0.6) is 0 Å². The second-order valence-corrected chi connectivity index (χ2v) is 5.11. The molecule has 0 amide bonds. The Labute approximate surface area is 116 Å². The standard InChI is InChI=1S/C16H27NO2/c1-4-12(3)13-6-8-14(9-7-13)16(19)15(5-2)17-10-11-18/h6-9,12,15-19H,4-5,10-11H2,1-3H3. The van der Waals surface area contributed by atoms with E-state index in [2.05, 4.69) is 31.3 Å². The molecular formula is C16H27NO2. The summed E-state index contributed by atoms with van der Waals surface area (Å²) in [5, 5.41) is 22.4. The third-order valence-corrected chi connectivity index (χ3v) is 3.80. The lowest BCUT2D eigenvalue weighted by atomic mass is 9.94. The van der Waals surface area contributed by atoms with Crippen molar-refractivity contribution >= 4 is 0 Å². The molecule has 0 aromatic heterocycles. The molecule has 3 nitrogen and oxygen atoms in total. The first kappa shape index (κ1) is 16.2. The summed E-state index contributed by atoms with van der Waals surface area (Å²) in [6.07, 6.45) is 1.42. The summed E-state index contributed by atoms with van der Waals surface area (Å²) >= 11 is 0. The van der Waals surface area contributed by atoms with Gasteiger partial charge >= 0.3 is 0 Å². The Morgan fingerprint density at radius 2 is 1.63 bits per heavy atom. The molecule has 3 N–H and O–H groups in total. The van der Waals surface area contributed by atoms with Crippen molar-refractivity contribution < 1.29 is 10.2 Å². The summed E-state index contributed by atoms with van der Waals surface area (Å²) in [7, 11) is 0. The molecule has 1 rings (SSSR count). The Kier molecular flexibility index (Phi) is 7.06. The first-order valence-electron chi connectivity index (χ1n) is 7.26. The minimum Gasteiger partial charge on any atom is -0.395 e. The van der Waals surface area contributed by atoms with E-state index in [1.165, 1.54) is 5.56 Å². The number of hydrogen-bond acceptors (Lipinski definition) is 3. The van der Waals surface area contributed by atoms with Crippen molar-refractivity contribution in [3.8, 4) is 0 Å². The zero-order chi connectivity index (χ0) is 14.3. The fourth-order valence-corrected chi connectivity index (χ4v) is 2.22. The molecule has 0 aliphatic carbocycles. The van der Waals surface area contributed by atoms with Crippen LogP contribution in [-0.2, 0) is 0 Å². The van der Waals surface area contributed by atoms with Gasteiger partial charge in [0, 0.05) is 12.6 Å². The van der Waals surface area contributed by atoms with Gasteiger partial charge in [-0.3, -0.25) is 0 Å². The summed E-state index contributed by atoms with van der Waals surface area (Å²) in [4.78, 5) is 0. The highest BCUT2D eigenvalue weighted by molar-refractivity contribution is 5.27. The predicted molar refractivity (Wildman–Crippen MR) is 79.3 cm³/mol. The Balaban J connectivity index is 2.72. The van der Waals surface area contributed by atoms with E-state index in [1.807, 2.05) is 19.1 Å². The lowest BCUT2D eigenvalue weighted by Gasteiger charge is -2.23. The molecule has 3 atom stereocenters. The van der Waals surface area contributed by atoms with Crippen molar-refractivity contribution in [1.29, 1.82) is 0 Å². The van der Waals surface area contributed by atoms with Gasteiger partial charge in [0.2, 0.25) is 0 Å². The van der Waals surface area contributed by atoms with Gasteiger partial charge in [-0.15, -0.1) is 0 Å². The average molecular weight is 265 g/mol. The second-order valence-electron chi connectivity index (χ2n) is 5.11. The number of nitrogens with one attached hydrogen (secondary N) is 1. The Morgan fingerprint density at radius 3 is 2.11 bits per heavy atom. The predicted octanol–water partition coefficient (Wildman–Crippen LogP) is 2.59. The van der Waals surface area contributed by atoms with Gasteiger partial charge in [0.25, 0.3) is 0 Å². The van der Waals surface area contributed by atoms with Crippen molar-refractivity contribution in [3.05, 3.63) is 35.4 Å². The zero-order valence-corrected chi connectivity index (χ0v) is 12.3. The van der Waals surface area contributed by atoms with Gasteiger partial charge in [0.1, 0.15) is 0 Å². The maximum atomic E-state index is 10.3. The number of benzene rings is 1. The molecule has 0 aliphatic rings. The van der Waals surface area contributed by atoms with Crippen LogP contribution in [0.1, 0.15) is 56.8 Å². The van der Waals surface area contributed by atoms with E-state index in [4.69, 9.17) is 5.11 Å². The lowest BCUT2D eigenvalue weighted by molar-refractivity contribution is 0.122. The van der Waals surface area contributed by atoms with E-state index in [1.54, 1.807) is 0 Å². The highest BCUT2D eigenvalue weighted by Crippen LogP contribution is 2.23. The molecule has 0 heterocycles. The quantitative estimate of drug-likeness (QED) is 0.677. The topological polar surface area (TPSA) is 52.5 Å². The molecule has 0 aliphatic heterocycles. The number of rotatable bonds is 8. The molecule has 108 valence electrons. The SMILES string of the molecule is CCC(C)c1ccc(C(O)C(CC)NCCO)cc1. The average Bonchev–Trinajstić information content (AvgIpc) is 2.47. The molecule has 3 heteroatoms. The van der Waals surface area contributed by atoms with Crippen LogP contribution in [0.25, 0.3) is 0 Å². The highest BCUT2D eigenvalue weighted by atomic mass is 16.3. The molecule has 3 unspecified atom stereocenters. The number of aliphatic hydroxyl groups is 2. The van der Waals surface area contributed by atoms with Gasteiger partial charge in [-0.2, -0.15) is 0 Å². The van der Waals surface area contributed by atoms with Crippen molar-refractivity contribution in [2.75, 3.05) is 13.2 Å². The van der Waals surface area contributed by atoms with Crippen molar-refractivity contribution in [2.45, 2.75) is 51.7 Å². The summed E-state index contributed by atoms with van der Waals surface area (Å²) in [5.74, 6) is 0.556. The van der Waals surface area contributed by atoms with E-state index >= 15 is 0 Å². The van der Waals surface area contributed by atoms with Crippen molar-refractivity contribution in [2.24, 2.45) is 0 Å².